The first-order chi connectivity index (χ1) is 8.10. The van der Waals surface area contributed by atoms with Gasteiger partial charge in [-0.05, 0) is 25.2 Å². The Bertz CT molecular complexity index is 240. The molecule has 4 heteroatoms. The molecule has 1 aliphatic heterocycles. The van der Waals surface area contributed by atoms with Crippen LogP contribution in [0, 0.1) is 5.92 Å². The summed E-state index contributed by atoms with van der Waals surface area (Å²) in [6, 6.07) is -0.296. The fraction of sp³-hybridized carbons (Fsp3) is 0.923. The zero-order valence-corrected chi connectivity index (χ0v) is 11.2. The predicted octanol–water partition coefficient (Wildman–Crippen LogP) is 1.43. The summed E-state index contributed by atoms with van der Waals surface area (Å²) in [5.41, 5.74) is 5.92. The molecule has 100 valence electrons. The molecule has 17 heavy (non-hydrogen) atoms. The molecule has 0 radical (unpaired) electrons. The smallest absolute Gasteiger partial charge is 0.237 e. The topological polar surface area (TPSA) is 64.4 Å². The number of hydrogen-bond donors (Lipinski definition) is 2. The van der Waals surface area contributed by atoms with Crippen molar-refractivity contribution in [2.75, 3.05) is 6.61 Å². The van der Waals surface area contributed by atoms with E-state index in [9.17, 15) is 4.79 Å². The van der Waals surface area contributed by atoms with E-state index < -0.39 is 6.04 Å². The normalized spacial score (nSPS) is 25.3. The van der Waals surface area contributed by atoms with Crippen LogP contribution in [0.2, 0.25) is 0 Å². The van der Waals surface area contributed by atoms with Crippen molar-refractivity contribution in [2.45, 2.75) is 64.6 Å². The maximum atomic E-state index is 12.0. The number of hydrogen-bond acceptors (Lipinski definition) is 3. The quantitative estimate of drug-likeness (QED) is 0.740. The van der Waals surface area contributed by atoms with Gasteiger partial charge in [0.1, 0.15) is 0 Å². The molecule has 4 unspecified atom stereocenters. The molecular weight excluding hydrogens is 216 g/mol. The van der Waals surface area contributed by atoms with Crippen molar-refractivity contribution in [3.8, 4) is 0 Å². The standard InChI is InChI=1S/C13H26N2O2/c1-4-9(3)12(14)13(16)15-10(5-2)11-7-6-8-17-11/h9-12H,4-8,14H2,1-3H3,(H,15,16). The zero-order chi connectivity index (χ0) is 12.8. The van der Waals surface area contributed by atoms with Crippen LogP contribution >= 0.6 is 0 Å². The first-order valence-corrected chi connectivity index (χ1v) is 6.77. The second-order valence-corrected chi connectivity index (χ2v) is 4.99. The molecule has 1 fully saturated rings. The summed E-state index contributed by atoms with van der Waals surface area (Å²) >= 11 is 0. The van der Waals surface area contributed by atoms with E-state index in [1.54, 1.807) is 0 Å². The highest BCUT2D eigenvalue weighted by Gasteiger charge is 2.28. The fourth-order valence-electron chi connectivity index (χ4n) is 2.17. The summed E-state index contributed by atoms with van der Waals surface area (Å²) in [6.07, 6.45) is 4.12. The highest BCUT2D eigenvalue weighted by Crippen LogP contribution is 2.18. The van der Waals surface area contributed by atoms with Crippen molar-refractivity contribution in [1.82, 2.24) is 5.32 Å². The van der Waals surface area contributed by atoms with Gasteiger partial charge < -0.3 is 15.8 Å². The third-order valence-corrected chi connectivity index (χ3v) is 3.74. The average Bonchev–Trinajstić information content (AvgIpc) is 2.87. The van der Waals surface area contributed by atoms with E-state index in [2.05, 4.69) is 19.2 Å². The SMILES string of the molecule is CCC(C)C(N)C(=O)NC(CC)C1CCCO1. The third kappa shape index (κ3) is 3.96. The Morgan fingerprint density at radius 3 is 2.65 bits per heavy atom. The molecule has 3 N–H and O–H groups in total. The maximum Gasteiger partial charge on any atom is 0.237 e. The molecule has 1 amide bonds. The number of amides is 1. The van der Waals surface area contributed by atoms with Gasteiger partial charge in [0.15, 0.2) is 0 Å². The molecule has 4 nitrogen and oxygen atoms in total. The molecule has 0 saturated carbocycles. The first kappa shape index (κ1) is 14.5. The van der Waals surface area contributed by atoms with Crippen LogP contribution in [0.4, 0.5) is 0 Å². The van der Waals surface area contributed by atoms with Gasteiger partial charge in [-0.2, -0.15) is 0 Å². The van der Waals surface area contributed by atoms with Crippen LogP contribution in [-0.2, 0) is 9.53 Å². The maximum absolute atomic E-state index is 12.0. The van der Waals surface area contributed by atoms with Crippen molar-refractivity contribution < 1.29 is 9.53 Å². The van der Waals surface area contributed by atoms with Crippen LogP contribution < -0.4 is 11.1 Å². The number of carbonyl (C=O) groups is 1. The van der Waals surface area contributed by atoms with Crippen LogP contribution in [0.1, 0.15) is 46.5 Å². The van der Waals surface area contributed by atoms with Gasteiger partial charge in [-0.15, -0.1) is 0 Å². The molecule has 0 aliphatic carbocycles. The monoisotopic (exact) mass is 242 g/mol. The fourth-order valence-corrected chi connectivity index (χ4v) is 2.17. The summed E-state index contributed by atoms with van der Waals surface area (Å²) in [4.78, 5) is 12.0. The Morgan fingerprint density at radius 2 is 2.18 bits per heavy atom. The molecule has 1 rings (SSSR count). The second kappa shape index (κ2) is 6.97. The van der Waals surface area contributed by atoms with Crippen molar-refractivity contribution in [3.05, 3.63) is 0 Å². The van der Waals surface area contributed by atoms with Crippen molar-refractivity contribution in [2.24, 2.45) is 11.7 Å². The molecule has 0 spiro atoms. The van der Waals surface area contributed by atoms with Crippen molar-refractivity contribution in [1.29, 1.82) is 0 Å². The molecular formula is C13H26N2O2. The van der Waals surface area contributed by atoms with Gasteiger partial charge >= 0.3 is 0 Å². The lowest BCUT2D eigenvalue weighted by Gasteiger charge is -2.26. The molecule has 0 aromatic rings. The number of carbonyl (C=O) groups excluding carboxylic acids is 1. The van der Waals surface area contributed by atoms with Crippen LogP contribution in [0.25, 0.3) is 0 Å². The van der Waals surface area contributed by atoms with Crippen molar-refractivity contribution >= 4 is 5.91 Å². The molecule has 1 saturated heterocycles. The molecule has 0 aromatic carbocycles. The van der Waals surface area contributed by atoms with Gasteiger partial charge in [0.25, 0.3) is 0 Å². The minimum atomic E-state index is -0.407. The summed E-state index contributed by atoms with van der Waals surface area (Å²) in [5, 5.41) is 3.03. The Hall–Kier alpha value is -0.610. The first-order valence-electron chi connectivity index (χ1n) is 6.77. The molecule has 4 atom stereocenters. The van der Waals surface area contributed by atoms with E-state index in [0.29, 0.717) is 0 Å². The van der Waals surface area contributed by atoms with Crippen molar-refractivity contribution in [3.63, 3.8) is 0 Å². The van der Waals surface area contributed by atoms with Gasteiger partial charge in [0, 0.05) is 6.61 Å². The number of nitrogens with one attached hydrogen (secondary N) is 1. The van der Waals surface area contributed by atoms with Crippen LogP contribution in [0.5, 0.6) is 0 Å². The van der Waals surface area contributed by atoms with E-state index in [-0.39, 0.29) is 24.0 Å². The second-order valence-electron chi connectivity index (χ2n) is 4.99. The minimum absolute atomic E-state index is 0.0401. The largest absolute Gasteiger partial charge is 0.376 e. The minimum Gasteiger partial charge on any atom is -0.376 e. The number of nitrogens with two attached hydrogens (primary N) is 1. The van der Waals surface area contributed by atoms with Gasteiger partial charge in [0.2, 0.25) is 5.91 Å². The van der Waals surface area contributed by atoms with Gasteiger partial charge in [-0.1, -0.05) is 27.2 Å². The van der Waals surface area contributed by atoms with E-state index in [1.165, 1.54) is 0 Å². The lowest BCUT2D eigenvalue weighted by atomic mass is 9.98. The molecule has 1 heterocycles. The highest BCUT2D eigenvalue weighted by molar-refractivity contribution is 5.82. The molecule has 0 aromatic heterocycles. The molecule has 0 bridgehead atoms. The number of rotatable bonds is 6. The predicted molar refractivity (Wildman–Crippen MR) is 68.6 cm³/mol. The lowest BCUT2D eigenvalue weighted by Crippen LogP contribution is -2.51. The Labute approximate surface area is 104 Å². The van der Waals surface area contributed by atoms with Gasteiger partial charge in [-0.25, -0.2) is 0 Å². The van der Waals surface area contributed by atoms with Gasteiger partial charge in [0.05, 0.1) is 18.2 Å². The zero-order valence-electron chi connectivity index (χ0n) is 11.2. The highest BCUT2D eigenvalue weighted by atomic mass is 16.5. The summed E-state index contributed by atoms with van der Waals surface area (Å²) in [7, 11) is 0. The average molecular weight is 242 g/mol. The third-order valence-electron chi connectivity index (χ3n) is 3.74. The Kier molecular flexibility index (Phi) is 5.92. The Morgan fingerprint density at radius 1 is 1.47 bits per heavy atom. The van der Waals surface area contributed by atoms with E-state index in [1.807, 2.05) is 6.92 Å². The van der Waals surface area contributed by atoms with E-state index in [0.717, 1.165) is 32.3 Å². The van der Waals surface area contributed by atoms with E-state index in [4.69, 9.17) is 10.5 Å². The Balaban J connectivity index is 2.46. The lowest BCUT2D eigenvalue weighted by molar-refractivity contribution is -0.125. The van der Waals surface area contributed by atoms with E-state index >= 15 is 0 Å². The van der Waals surface area contributed by atoms with Crippen LogP contribution in [0.3, 0.4) is 0 Å². The molecule has 1 aliphatic rings. The van der Waals surface area contributed by atoms with Crippen LogP contribution in [-0.4, -0.2) is 30.7 Å². The van der Waals surface area contributed by atoms with Gasteiger partial charge in [-0.3, -0.25) is 4.79 Å². The number of ether oxygens (including phenoxy) is 1. The summed E-state index contributed by atoms with van der Waals surface area (Å²) in [5.74, 6) is 0.179. The summed E-state index contributed by atoms with van der Waals surface area (Å²) < 4.78 is 5.62. The summed E-state index contributed by atoms with van der Waals surface area (Å²) in [6.45, 7) is 6.95. The van der Waals surface area contributed by atoms with Crippen LogP contribution in [0.15, 0.2) is 0 Å².